The molecule has 0 saturated heterocycles. The summed E-state index contributed by atoms with van der Waals surface area (Å²) in [5, 5.41) is 0. The predicted octanol–water partition coefficient (Wildman–Crippen LogP) is 11.3. The maximum atomic E-state index is 7.28. The first-order valence-corrected chi connectivity index (χ1v) is 27.4. The first kappa shape index (κ1) is 38.0. The van der Waals surface area contributed by atoms with Crippen LogP contribution in [-0.2, 0) is 26.6 Å². The monoisotopic (exact) mass is 746 g/mol. The minimum absolute atomic E-state index is 0.220. The average molecular weight is 747 g/mol. The Kier molecular flexibility index (Phi) is 15.6. The van der Waals surface area contributed by atoms with Gasteiger partial charge in [-0.15, -0.1) is 0 Å². The van der Waals surface area contributed by atoms with Gasteiger partial charge in [0.25, 0.3) is 0 Å². The molecule has 2 unspecified atom stereocenters. The van der Waals surface area contributed by atoms with E-state index in [9.17, 15) is 0 Å². The van der Waals surface area contributed by atoms with Gasteiger partial charge in [-0.3, -0.25) is 0 Å². The summed E-state index contributed by atoms with van der Waals surface area (Å²) in [6.45, 7) is 4.68. The van der Waals surface area contributed by atoms with Crippen molar-refractivity contribution >= 4 is 49.0 Å². The first-order chi connectivity index (χ1) is 23.1. The molecule has 47 heavy (non-hydrogen) atoms. The zero-order chi connectivity index (χ0) is 32.4. The molecule has 6 aliphatic carbocycles. The summed E-state index contributed by atoms with van der Waals surface area (Å²) in [6.07, 6.45) is 32.8. The second-order valence-electron chi connectivity index (χ2n) is 15.4. The minimum atomic E-state index is -2.99. The highest BCUT2D eigenvalue weighted by molar-refractivity contribution is 9.09. The summed E-state index contributed by atoms with van der Waals surface area (Å²) in [5.74, 6) is 0. The van der Waals surface area contributed by atoms with Gasteiger partial charge in [0.2, 0.25) is 0 Å². The third-order valence-electron chi connectivity index (χ3n) is 11.6. The molecular formula is C36H66O6S3Si2. The van der Waals surface area contributed by atoms with Crippen LogP contribution in [0.3, 0.4) is 0 Å². The largest absolute Gasteiger partial charge is 0.516 e. The minimum Gasteiger partial charge on any atom is -0.370 e. The van der Waals surface area contributed by atoms with Gasteiger partial charge in [0, 0.05) is 36.6 Å². The summed E-state index contributed by atoms with van der Waals surface area (Å²) in [5.41, 5.74) is 0. The zero-order valence-electron chi connectivity index (χ0n) is 29.7. The van der Waals surface area contributed by atoms with E-state index >= 15 is 0 Å². The van der Waals surface area contributed by atoms with Gasteiger partial charge in [0.15, 0.2) is 0 Å². The molecule has 0 spiro atoms. The van der Waals surface area contributed by atoms with Crippen molar-refractivity contribution in [3.05, 3.63) is 0 Å². The molecule has 2 atom stereocenters. The number of rotatable bonds is 20. The van der Waals surface area contributed by atoms with Gasteiger partial charge >= 0.3 is 17.6 Å². The quantitative estimate of drug-likeness (QED) is 0.0895. The van der Waals surface area contributed by atoms with E-state index in [2.05, 4.69) is 13.8 Å². The highest BCUT2D eigenvalue weighted by atomic mass is 33.5. The van der Waals surface area contributed by atoms with E-state index in [1.165, 1.54) is 77.0 Å². The smallest absolute Gasteiger partial charge is 0.370 e. The van der Waals surface area contributed by atoms with Crippen LogP contribution in [0, 0.1) is 0 Å². The standard InChI is InChI=1S/C36H66O6S3Si2/c1-3-35(46(37-29-17-5-6-18-29,38-30-19-7-8-20-30)39-31-21-9-10-22-31)43-45-44-36(4-2)47(40-32-23-11-12-24-32,41-33-25-13-14-26-33)42-34-27-15-16-28-34/h29-36H,3-28H2,1-2H3. The van der Waals surface area contributed by atoms with E-state index in [0.717, 1.165) is 89.9 Å². The second kappa shape index (κ2) is 19.4. The van der Waals surface area contributed by atoms with Crippen molar-refractivity contribution < 1.29 is 26.6 Å². The summed E-state index contributed by atoms with van der Waals surface area (Å²) in [4.78, 5) is 0.440. The molecule has 11 heteroatoms. The fourth-order valence-electron chi connectivity index (χ4n) is 8.92. The molecule has 6 saturated carbocycles. The Morgan fingerprint density at radius 2 is 0.574 bits per heavy atom. The Balaban J connectivity index is 1.21. The summed E-state index contributed by atoms with van der Waals surface area (Å²) in [6, 6.07) is 0. The lowest BCUT2D eigenvalue weighted by Gasteiger charge is -2.41. The van der Waals surface area contributed by atoms with Crippen molar-refractivity contribution in [1.82, 2.24) is 0 Å². The van der Waals surface area contributed by atoms with Gasteiger partial charge in [-0.05, 0) is 99.7 Å². The van der Waals surface area contributed by atoms with Crippen molar-refractivity contribution in [2.45, 2.75) is 227 Å². The average Bonchev–Trinajstić information content (AvgIpc) is 3.91. The molecule has 0 aliphatic heterocycles. The molecule has 6 fully saturated rings. The molecule has 0 amide bonds. The molecule has 6 nitrogen and oxygen atoms in total. The third-order valence-corrected chi connectivity index (χ3v) is 26.0. The van der Waals surface area contributed by atoms with Gasteiger partial charge in [-0.1, -0.05) is 112 Å². The van der Waals surface area contributed by atoms with Crippen molar-refractivity contribution in [1.29, 1.82) is 0 Å². The fourth-order valence-corrected chi connectivity index (χ4v) is 25.7. The van der Waals surface area contributed by atoms with Crippen molar-refractivity contribution in [3.63, 3.8) is 0 Å². The van der Waals surface area contributed by atoms with E-state index in [-0.39, 0.29) is 9.75 Å². The Bertz CT molecular complexity index is 725. The molecule has 0 radical (unpaired) electrons. The molecule has 0 heterocycles. The molecule has 0 aromatic carbocycles. The van der Waals surface area contributed by atoms with Crippen LogP contribution in [0.4, 0.5) is 0 Å². The lowest BCUT2D eigenvalue weighted by Crippen LogP contribution is -2.59. The topological polar surface area (TPSA) is 55.4 Å². The molecule has 6 rings (SSSR count). The van der Waals surface area contributed by atoms with Crippen LogP contribution >= 0.6 is 31.4 Å². The highest BCUT2D eigenvalue weighted by Gasteiger charge is 2.57. The maximum Gasteiger partial charge on any atom is 0.516 e. The summed E-state index contributed by atoms with van der Waals surface area (Å²) < 4.78 is 43.7. The van der Waals surface area contributed by atoms with Gasteiger partial charge in [-0.25, -0.2) is 0 Å². The number of hydrogen-bond donors (Lipinski definition) is 0. The van der Waals surface area contributed by atoms with Gasteiger partial charge in [0.05, 0.1) is 9.75 Å². The van der Waals surface area contributed by atoms with E-state index in [4.69, 9.17) is 26.6 Å². The Hall–Kier alpha value is 1.24. The Morgan fingerprint density at radius 3 is 0.745 bits per heavy atom. The van der Waals surface area contributed by atoms with Crippen molar-refractivity contribution in [2.75, 3.05) is 0 Å². The van der Waals surface area contributed by atoms with Crippen LogP contribution in [0.25, 0.3) is 0 Å². The molecule has 6 aliphatic rings. The van der Waals surface area contributed by atoms with Crippen molar-refractivity contribution in [3.8, 4) is 0 Å². The van der Waals surface area contributed by atoms with Crippen LogP contribution in [0.2, 0.25) is 0 Å². The molecular weight excluding hydrogens is 681 g/mol. The Morgan fingerprint density at radius 1 is 0.383 bits per heavy atom. The first-order valence-electron chi connectivity index (χ1n) is 20.2. The summed E-state index contributed by atoms with van der Waals surface area (Å²) >= 11 is 0. The predicted molar refractivity (Wildman–Crippen MR) is 202 cm³/mol. The van der Waals surface area contributed by atoms with Gasteiger partial charge < -0.3 is 26.6 Å². The normalized spacial score (nSPS) is 26.4. The highest BCUT2D eigenvalue weighted by Crippen LogP contribution is 2.50. The van der Waals surface area contributed by atoms with Crippen LogP contribution in [0.5, 0.6) is 0 Å². The molecule has 0 bridgehead atoms. The SMILES string of the molecule is CCC(SSSC(CC)[Si](OC1CCCC1)(OC1CCCC1)OC1CCCC1)[Si](OC1CCCC1)(OC1CCCC1)OC1CCCC1. The zero-order valence-corrected chi connectivity index (χ0v) is 34.1. The lowest BCUT2D eigenvalue weighted by molar-refractivity contribution is -0.0181. The van der Waals surface area contributed by atoms with Crippen LogP contribution < -0.4 is 0 Å². The summed E-state index contributed by atoms with van der Waals surface area (Å²) in [7, 11) is -0.0608. The van der Waals surface area contributed by atoms with Gasteiger partial charge in [-0.2, -0.15) is 0 Å². The number of hydrogen-bond acceptors (Lipinski definition) is 9. The van der Waals surface area contributed by atoms with Crippen LogP contribution in [0.15, 0.2) is 0 Å². The van der Waals surface area contributed by atoms with E-state index in [0.29, 0.717) is 36.6 Å². The second-order valence-corrected chi connectivity index (χ2v) is 25.9. The fraction of sp³-hybridized carbons (Fsp3) is 1.00. The lowest BCUT2D eigenvalue weighted by atomic mass is 10.3. The third kappa shape index (κ3) is 10.7. The molecule has 0 N–H and O–H groups in total. The van der Waals surface area contributed by atoms with E-state index < -0.39 is 17.6 Å². The Labute approximate surface area is 301 Å². The van der Waals surface area contributed by atoms with Crippen molar-refractivity contribution in [2.24, 2.45) is 0 Å². The molecule has 0 aromatic rings. The molecule has 272 valence electrons. The molecule has 0 aromatic heterocycles. The van der Waals surface area contributed by atoms with Gasteiger partial charge in [0.1, 0.15) is 0 Å². The van der Waals surface area contributed by atoms with Crippen LogP contribution in [-0.4, -0.2) is 64.0 Å². The van der Waals surface area contributed by atoms with E-state index in [1.807, 2.05) is 31.4 Å². The van der Waals surface area contributed by atoms with Crippen LogP contribution in [0.1, 0.15) is 181 Å². The van der Waals surface area contributed by atoms with E-state index in [1.54, 1.807) is 0 Å². The maximum absolute atomic E-state index is 7.28.